The number of ether oxygens (including phenoxy) is 1. The summed E-state index contributed by atoms with van der Waals surface area (Å²) >= 11 is 0. The van der Waals surface area contributed by atoms with Crippen molar-refractivity contribution in [2.75, 3.05) is 19.7 Å². The van der Waals surface area contributed by atoms with E-state index in [4.69, 9.17) is 4.74 Å². The van der Waals surface area contributed by atoms with Crippen LogP contribution in [0.25, 0.3) is 0 Å². The van der Waals surface area contributed by atoms with E-state index in [1.54, 1.807) is 13.8 Å². The van der Waals surface area contributed by atoms with Gasteiger partial charge in [-0.05, 0) is 38.7 Å². The highest BCUT2D eigenvalue weighted by molar-refractivity contribution is 5.97. The number of rotatable bonds is 8. The van der Waals surface area contributed by atoms with Crippen LogP contribution < -0.4 is 5.32 Å². The minimum Gasteiger partial charge on any atom is -0.463 e. The van der Waals surface area contributed by atoms with Crippen LogP contribution in [0.4, 0.5) is 0 Å². The van der Waals surface area contributed by atoms with E-state index in [1.165, 1.54) is 4.90 Å². The Morgan fingerprint density at radius 2 is 1.86 bits per heavy atom. The molecule has 0 saturated carbocycles. The molecule has 1 heterocycles. The highest BCUT2D eigenvalue weighted by Gasteiger charge is 2.37. The Balaban J connectivity index is 2.29. The molecule has 2 rings (SSSR count). The van der Waals surface area contributed by atoms with Crippen molar-refractivity contribution in [1.82, 2.24) is 10.2 Å². The van der Waals surface area contributed by atoms with Gasteiger partial charge in [0.15, 0.2) is 0 Å². The number of carbonyl (C=O) groups is 3. The van der Waals surface area contributed by atoms with Crippen molar-refractivity contribution in [3.05, 3.63) is 46.7 Å². The second-order valence-electron chi connectivity index (χ2n) is 7.90. The molecule has 158 valence electrons. The summed E-state index contributed by atoms with van der Waals surface area (Å²) in [5, 5.41) is 2.85. The number of esters is 1. The number of nitrogens with zero attached hydrogens (tertiary/aromatic N) is 1. The van der Waals surface area contributed by atoms with Gasteiger partial charge in [-0.15, -0.1) is 0 Å². The number of benzene rings is 1. The van der Waals surface area contributed by atoms with Gasteiger partial charge in [-0.2, -0.15) is 0 Å². The molecule has 1 aliphatic rings. The van der Waals surface area contributed by atoms with Gasteiger partial charge in [0.1, 0.15) is 6.54 Å². The van der Waals surface area contributed by atoms with E-state index in [0.717, 1.165) is 17.5 Å². The molecule has 1 N–H and O–H groups in total. The third kappa shape index (κ3) is 5.92. The van der Waals surface area contributed by atoms with Gasteiger partial charge in [-0.25, -0.2) is 4.79 Å². The molecule has 1 atom stereocenters. The van der Waals surface area contributed by atoms with E-state index in [1.807, 2.05) is 31.2 Å². The quantitative estimate of drug-likeness (QED) is 0.679. The first-order chi connectivity index (χ1) is 13.7. The lowest BCUT2D eigenvalue weighted by atomic mass is 9.83. The Kier molecular flexibility index (Phi) is 8.00. The van der Waals surface area contributed by atoms with Crippen molar-refractivity contribution in [2.45, 2.75) is 53.4 Å². The van der Waals surface area contributed by atoms with Gasteiger partial charge in [0.05, 0.1) is 12.2 Å². The van der Waals surface area contributed by atoms with Crippen LogP contribution in [0.15, 0.2) is 35.5 Å². The smallest absolute Gasteiger partial charge is 0.336 e. The van der Waals surface area contributed by atoms with Gasteiger partial charge in [-0.3, -0.25) is 9.59 Å². The lowest BCUT2D eigenvalue weighted by molar-refractivity contribution is -0.141. The lowest BCUT2D eigenvalue weighted by Crippen LogP contribution is -2.44. The Morgan fingerprint density at radius 3 is 2.45 bits per heavy atom. The van der Waals surface area contributed by atoms with Crippen LogP contribution in [0.5, 0.6) is 0 Å². The van der Waals surface area contributed by atoms with Gasteiger partial charge in [-0.1, -0.05) is 43.7 Å². The third-order valence-electron chi connectivity index (χ3n) is 5.14. The maximum Gasteiger partial charge on any atom is 0.336 e. The largest absolute Gasteiger partial charge is 0.463 e. The van der Waals surface area contributed by atoms with Crippen molar-refractivity contribution in [3.8, 4) is 0 Å². The fourth-order valence-corrected chi connectivity index (χ4v) is 3.46. The molecule has 1 aromatic carbocycles. The third-order valence-corrected chi connectivity index (χ3v) is 5.14. The summed E-state index contributed by atoms with van der Waals surface area (Å²) in [6, 6.07) is 7.81. The zero-order chi connectivity index (χ0) is 21.6. The second-order valence-corrected chi connectivity index (χ2v) is 7.90. The number of amides is 2. The van der Waals surface area contributed by atoms with E-state index in [2.05, 4.69) is 19.2 Å². The highest BCUT2D eigenvalue weighted by Crippen LogP contribution is 2.37. The predicted octanol–water partition coefficient (Wildman–Crippen LogP) is 3.31. The number of nitrogens with one attached hydrogen (secondary N) is 1. The SMILES string of the molecule is CCOC(=O)C1=C(C)N(CC(=O)NCCC(C)C)C(=O)C[C@@H]1c1ccc(C)cc1. The standard InChI is InChI=1S/C23H32N2O4/c1-6-29-23(28)22-17(5)25(14-20(26)24-12-11-15(2)3)21(27)13-19(22)18-9-7-16(4)8-10-18/h7-10,15,19H,6,11-14H2,1-5H3,(H,24,26)/t19-/m1/s1. The molecule has 1 aliphatic heterocycles. The lowest BCUT2D eigenvalue weighted by Gasteiger charge is -2.34. The molecule has 0 aliphatic carbocycles. The van der Waals surface area contributed by atoms with Gasteiger partial charge in [0.25, 0.3) is 0 Å². The molecule has 0 unspecified atom stereocenters. The normalized spacial score (nSPS) is 17.0. The number of aryl methyl sites for hydroxylation is 1. The van der Waals surface area contributed by atoms with Crippen molar-refractivity contribution in [1.29, 1.82) is 0 Å². The maximum absolute atomic E-state index is 12.9. The summed E-state index contributed by atoms with van der Waals surface area (Å²) in [6.45, 7) is 10.4. The van der Waals surface area contributed by atoms with Crippen LogP contribution in [-0.4, -0.2) is 42.4 Å². The first-order valence-electron chi connectivity index (χ1n) is 10.3. The molecular weight excluding hydrogens is 368 g/mol. The van der Waals surface area contributed by atoms with E-state index in [0.29, 0.717) is 23.7 Å². The molecule has 0 bridgehead atoms. The van der Waals surface area contributed by atoms with Crippen LogP contribution in [0, 0.1) is 12.8 Å². The zero-order valence-electron chi connectivity index (χ0n) is 18.1. The molecule has 0 radical (unpaired) electrons. The molecule has 0 aromatic heterocycles. The Hall–Kier alpha value is -2.63. The van der Waals surface area contributed by atoms with Crippen LogP contribution in [0.1, 0.15) is 57.6 Å². The summed E-state index contributed by atoms with van der Waals surface area (Å²) in [6.07, 6.45) is 1.01. The predicted molar refractivity (Wildman–Crippen MR) is 112 cm³/mol. The second kappa shape index (κ2) is 10.2. The zero-order valence-corrected chi connectivity index (χ0v) is 18.1. The monoisotopic (exact) mass is 400 g/mol. The average Bonchev–Trinajstić information content (AvgIpc) is 2.65. The Labute approximate surface area is 173 Å². The fourth-order valence-electron chi connectivity index (χ4n) is 3.46. The van der Waals surface area contributed by atoms with Crippen molar-refractivity contribution in [2.24, 2.45) is 5.92 Å². The maximum atomic E-state index is 12.9. The summed E-state index contributed by atoms with van der Waals surface area (Å²) in [7, 11) is 0. The molecule has 0 fully saturated rings. The Morgan fingerprint density at radius 1 is 1.21 bits per heavy atom. The number of allylic oxidation sites excluding steroid dienone is 1. The van der Waals surface area contributed by atoms with Gasteiger partial charge in [0.2, 0.25) is 11.8 Å². The van der Waals surface area contributed by atoms with Crippen molar-refractivity contribution >= 4 is 17.8 Å². The van der Waals surface area contributed by atoms with E-state index < -0.39 is 5.97 Å². The van der Waals surface area contributed by atoms with Crippen LogP contribution in [0.2, 0.25) is 0 Å². The van der Waals surface area contributed by atoms with E-state index >= 15 is 0 Å². The van der Waals surface area contributed by atoms with Crippen LogP contribution in [0.3, 0.4) is 0 Å². The summed E-state index contributed by atoms with van der Waals surface area (Å²) in [4.78, 5) is 39.3. The average molecular weight is 401 g/mol. The van der Waals surface area contributed by atoms with Gasteiger partial charge >= 0.3 is 5.97 Å². The first-order valence-corrected chi connectivity index (χ1v) is 10.3. The Bertz CT molecular complexity index is 781. The highest BCUT2D eigenvalue weighted by atomic mass is 16.5. The number of carbonyl (C=O) groups excluding carboxylic acids is 3. The summed E-state index contributed by atoms with van der Waals surface area (Å²) in [5.41, 5.74) is 2.94. The molecule has 6 heteroatoms. The molecule has 0 saturated heterocycles. The minimum atomic E-state index is -0.437. The van der Waals surface area contributed by atoms with Crippen LogP contribution in [-0.2, 0) is 19.1 Å². The number of hydrogen-bond acceptors (Lipinski definition) is 4. The fraction of sp³-hybridized carbons (Fsp3) is 0.522. The van der Waals surface area contributed by atoms with Crippen molar-refractivity contribution in [3.63, 3.8) is 0 Å². The topological polar surface area (TPSA) is 75.7 Å². The first kappa shape index (κ1) is 22.7. The molecule has 2 amide bonds. The minimum absolute atomic E-state index is 0.0910. The van der Waals surface area contributed by atoms with Crippen LogP contribution >= 0.6 is 0 Å². The molecule has 1 aromatic rings. The van der Waals surface area contributed by atoms with Gasteiger partial charge in [0, 0.05) is 24.6 Å². The van der Waals surface area contributed by atoms with E-state index in [-0.39, 0.29) is 37.3 Å². The molecule has 29 heavy (non-hydrogen) atoms. The summed E-state index contributed by atoms with van der Waals surface area (Å²) in [5.74, 6) is -0.717. The summed E-state index contributed by atoms with van der Waals surface area (Å²) < 4.78 is 5.27. The molecular formula is C23H32N2O4. The molecule has 6 nitrogen and oxygen atoms in total. The van der Waals surface area contributed by atoms with Gasteiger partial charge < -0.3 is 15.0 Å². The van der Waals surface area contributed by atoms with Crippen molar-refractivity contribution < 1.29 is 19.1 Å². The molecule has 0 spiro atoms. The van der Waals surface area contributed by atoms with E-state index in [9.17, 15) is 14.4 Å². The number of hydrogen-bond donors (Lipinski definition) is 1.